The van der Waals surface area contributed by atoms with Crippen LogP contribution in [-0.2, 0) is 4.79 Å². The molecule has 0 unspecified atom stereocenters. The van der Waals surface area contributed by atoms with Gasteiger partial charge in [0.15, 0.2) is 0 Å². The van der Waals surface area contributed by atoms with E-state index >= 15 is 0 Å². The van der Waals surface area contributed by atoms with Gasteiger partial charge in [0.1, 0.15) is 5.75 Å². The van der Waals surface area contributed by atoms with E-state index in [-0.39, 0.29) is 11.9 Å². The summed E-state index contributed by atoms with van der Waals surface area (Å²) >= 11 is 0. The van der Waals surface area contributed by atoms with Crippen LogP contribution >= 0.6 is 0 Å². The number of hydrogen-bond donors (Lipinski definition) is 1. The molecule has 0 heterocycles. The van der Waals surface area contributed by atoms with Crippen LogP contribution in [0.2, 0.25) is 0 Å². The van der Waals surface area contributed by atoms with E-state index in [1.54, 1.807) is 24.3 Å². The zero-order chi connectivity index (χ0) is 14.5. The number of para-hydroxylation sites is 1. The Kier molecular flexibility index (Phi) is 4.15. The van der Waals surface area contributed by atoms with Crippen molar-refractivity contribution in [2.24, 2.45) is 0 Å². The molecule has 2 aromatic rings. The number of nitrogens with one attached hydrogen (secondary N) is 1. The first-order valence-corrected chi connectivity index (χ1v) is 6.22. The van der Waals surface area contributed by atoms with Crippen molar-refractivity contribution in [2.45, 2.75) is 13.8 Å². The lowest BCUT2D eigenvalue weighted by molar-refractivity contribution is -0.131. The van der Waals surface area contributed by atoms with Gasteiger partial charge < -0.3 is 10.1 Å². The number of amides is 1. The van der Waals surface area contributed by atoms with Gasteiger partial charge in [-0.05, 0) is 42.8 Å². The lowest BCUT2D eigenvalue weighted by Gasteiger charge is -2.08. The van der Waals surface area contributed by atoms with Crippen LogP contribution in [-0.4, -0.2) is 11.9 Å². The normalized spacial score (nSPS) is 9.90. The van der Waals surface area contributed by atoms with Gasteiger partial charge in [-0.15, -0.1) is 0 Å². The molecule has 4 heteroatoms. The average Bonchev–Trinajstić information content (AvgIpc) is 2.41. The summed E-state index contributed by atoms with van der Waals surface area (Å²) < 4.78 is 4.92. The number of rotatable bonds is 3. The quantitative estimate of drug-likeness (QED) is 0.687. The Labute approximate surface area is 117 Å². The molecular weight excluding hydrogens is 254 g/mol. The number of carbonyl (C=O) groups is 2. The lowest BCUT2D eigenvalue weighted by atomic mass is 10.1. The minimum Gasteiger partial charge on any atom is -0.427 e. The smallest absolute Gasteiger partial charge is 0.308 e. The van der Waals surface area contributed by atoms with Crippen LogP contribution in [0.3, 0.4) is 0 Å². The second kappa shape index (κ2) is 6.02. The van der Waals surface area contributed by atoms with Crippen molar-refractivity contribution in [1.82, 2.24) is 0 Å². The maximum absolute atomic E-state index is 12.1. The van der Waals surface area contributed by atoms with Gasteiger partial charge in [0, 0.05) is 18.2 Å². The summed E-state index contributed by atoms with van der Waals surface area (Å²) in [6.07, 6.45) is 0. The maximum atomic E-state index is 12.1. The minimum absolute atomic E-state index is 0.200. The Hall–Kier alpha value is -2.62. The molecule has 0 aliphatic heterocycles. The fourth-order valence-corrected chi connectivity index (χ4v) is 1.75. The van der Waals surface area contributed by atoms with Gasteiger partial charge in [0.2, 0.25) is 0 Å². The van der Waals surface area contributed by atoms with E-state index in [1.807, 2.05) is 31.2 Å². The number of anilines is 1. The van der Waals surface area contributed by atoms with Gasteiger partial charge in [0.05, 0.1) is 0 Å². The third-order valence-corrected chi connectivity index (χ3v) is 2.77. The van der Waals surface area contributed by atoms with Gasteiger partial charge in [-0.2, -0.15) is 0 Å². The molecule has 0 saturated heterocycles. The Morgan fingerprint density at radius 1 is 1.00 bits per heavy atom. The lowest BCUT2D eigenvalue weighted by Crippen LogP contribution is -2.12. The van der Waals surface area contributed by atoms with Crippen LogP contribution in [0.1, 0.15) is 22.8 Å². The molecule has 0 atom stereocenters. The van der Waals surface area contributed by atoms with Crippen LogP contribution in [0.25, 0.3) is 0 Å². The number of benzene rings is 2. The number of esters is 1. The second-order valence-electron chi connectivity index (χ2n) is 4.39. The highest BCUT2D eigenvalue weighted by molar-refractivity contribution is 6.04. The molecule has 1 N–H and O–H groups in total. The Balaban J connectivity index is 2.10. The molecule has 0 fully saturated rings. The molecule has 0 spiro atoms. The van der Waals surface area contributed by atoms with Crippen molar-refractivity contribution in [1.29, 1.82) is 0 Å². The van der Waals surface area contributed by atoms with Crippen molar-refractivity contribution in [2.75, 3.05) is 5.32 Å². The highest BCUT2D eigenvalue weighted by Gasteiger charge is 2.08. The third kappa shape index (κ3) is 3.45. The highest BCUT2D eigenvalue weighted by Crippen LogP contribution is 2.16. The summed E-state index contributed by atoms with van der Waals surface area (Å²) in [5.41, 5.74) is 2.28. The molecule has 2 rings (SSSR count). The summed E-state index contributed by atoms with van der Waals surface area (Å²) in [5.74, 6) is -0.166. The van der Waals surface area contributed by atoms with E-state index in [4.69, 9.17) is 4.74 Å². The van der Waals surface area contributed by atoms with E-state index in [9.17, 15) is 9.59 Å². The molecule has 2 aromatic carbocycles. The number of carbonyl (C=O) groups excluding carboxylic acids is 2. The minimum atomic E-state index is -0.387. The van der Waals surface area contributed by atoms with E-state index < -0.39 is 0 Å². The number of hydrogen-bond acceptors (Lipinski definition) is 3. The van der Waals surface area contributed by atoms with E-state index in [1.165, 1.54) is 6.92 Å². The monoisotopic (exact) mass is 269 g/mol. The molecule has 0 bridgehead atoms. The van der Waals surface area contributed by atoms with Crippen molar-refractivity contribution in [3.63, 3.8) is 0 Å². The van der Waals surface area contributed by atoms with Gasteiger partial charge in [0.25, 0.3) is 5.91 Å². The summed E-state index contributed by atoms with van der Waals surface area (Å²) in [7, 11) is 0. The first-order valence-electron chi connectivity index (χ1n) is 6.22. The van der Waals surface area contributed by atoms with Crippen LogP contribution in [0.5, 0.6) is 5.75 Å². The van der Waals surface area contributed by atoms with Crippen molar-refractivity contribution >= 4 is 17.6 Å². The predicted molar refractivity (Wildman–Crippen MR) is 76.9 cm³/mol. The van der Waals surface area contributed by atoms with Gasteiger partial charge in [-0.1, -0.05) is 18.2 Å². The standard InChI is InChI=1S/C16H15NO3/c1-11-5-3-4-6-15(11)17-16(19)13-7-9-14(10-8-13)20-12(2)18/h3-10H,1-2H3,(H,17,19). The summed E-state index contributed by atoms with van der Waals surface area (Å²) in [6.45, 7) is 3.26. The molecule has 20 heavy (non-hydrogen) atoms. The third-order valence-electron chi connectivity index (χ3n) is 2.77. The summed E-state index contributed by atoms with van der Waals surface area (Å²) in [5, 5.41) is 2.84. The zero-order valence-corrected chi connectivity index (χ0v) is 11.3. The fourth-order valence-electron chi connectivity index (χ4n) is 1.75. The van der Waals surface area contributed by atoms with Crippen molar-refractivity contribution in [3.8, 4) is 5.75 Å². The van der Waals surface area contributed by atoms with E-state index in [0.29, 0.717) is 11.3 Å². The molecule has 0 saturated carbocycles. The average molecular weight is 269 g/mol. The van der Waals surface area contributed by atoms with E-state index in [2.05, 4.69) is 5.32 Å². The SMILES string of the molecule is CC(=O)Oc1ccc(C(=O)Nc2ccccc2C)cc1. The first-order chi connectivity index (χ1) is 9.56. The summed E-state index contributed by atoms with van der Waals surface area (Å²) in [4.78, 5) is 22.9. The molecule has 0 aromatic heterocycles. The zero-order valence-electron chi connectivity index (χ0n) is 11.3. The van der Waals surface area contributed by atoms with Gasteiger partial charge in [-0.25, -0.2) is 0 Å². The molecular formula is C16H15NO3. The topological polar surface area (TPSA) is 55.4 Å². The number of aryl methyl sites for hydroxylation is 1. The Morgan fingerprint density at radius 3 is 2.25 bits per heavy atom. The van der Waals surface area contributed by atoms with Crippen molar-refractivity contribution in [3.05, 3.63) is 59.7 Å². The first kappa shape index (κ1) is 13.8. The molecule has 0 aliphatic rings. The fraction of sp³-hybridized carbons (Fsp3) is 0.125. The molecule has 1 amide bonds. The van der Waals surface area contributed by atoms with Crippen LogP contribution in [0.15, 0.2) is 48.5 Å². The van der Waals surface area contributed by atoms with Crippen molar-refractivity contribution < 1.29 is 14.3 Å². The van der Waals surface area contributed by atoms with Crippen LogP contribution in [0, 0.1) is 6.92 Å². The molecule has 4 nitrogen and oxygen atoms in total. The second-order valence-corrected chi connectivity index (χ2v) is 4.39. The predicted octanol–water partition coefficient (Wildman–Crippen LogP) is 3.17. The molecule has 0 aliphatic carbocycles. The van der Waals surface area contributed by atoms with Gasteiger partial charge >= 0.3 is 5.97 Å². The summed E-state index contributed by atoms with van der Waals surface area (Å²) in [6, 6.07) is 14.0. The van der Waals surface area contributed by atoms with Gasteiger partial charge in [-0.3, -0.25) is 9.59 Å². The Morgan fingerprint density at radius 2 is 1.65 bits per heavy atom. The van der Waals surface area contributed by atoms with Crippen LogP contribution < -0.4 is 10.1 Å². The van der Waals surface area contributed by atoms with E-state index in [0.717, 1.165) is 11.3 Å². The maximum Gasteiger partial charge on any atom is 0.308 e. The molecule has 102 valence electrons. The molecule has 0 radical (unpaired) electrons. The Bertz CT molecular complexity index is 632. The number of ether oxygens (including phenoxy) is 1. The largest absolute Gasteiger partial charge is 0.427 e. The highest BCUT2D eigenvalue weighted by atomic mass is 16.5. The van der Waals surface area contributed by atoms with Crippen LogP contribution in [0.4, 0.5) is 5.69 Å².